The van der Waals surface area contributed by atoms with Crippen LogP contribution in [0.25, 0.3) is 22.2 Å². The van der Waals surface area contributed by atoms with Gasteiger partial charge in [0.2, 0.25) is 17.3 Å². The standard InChI is InChI=1S/C26H30N6O5/c1-5-20-10-19(7-8-36-20)32(26(34)35-6-2)22-21-9-16(17-12-28-30(3)14-17)11-27-25(21)37-24(22)23(33)18-13-29-31(4)15-18/h9,11-15,19-20H,5-8,10H2,1-4H3. The van der Waals surface area contributed by atoms with E-state index in [4.69, 9.17) is 13.9 Å². The second-order valence-corrected chi connectivity index (χ2v) is 9.14. The lowest BCUT2D eigenvalue weighted by Crippen LogP contribution is -2.46. The monoisotopic (exact) mass is 506 g/mol. The van der Waals surface area contributed by atoms with Crippen molar-refractivity contribution in [2.24, 2.45) is 14.1 Å². The molecule has 0 radical (unpaired) electrons. The number of carbonyl (C=O) groups is 2. The highest BCUT2D eigenvalue weighted by atomic mass is 16.6. The number of pyridine rings is 1. The van der Waals surface area contributed by atoms with Gasteiger partial charge in [0.15, 0.2) is 0 Å². The van der Waals surface area contributed by atoms with Crippen LogP contribution in [0.3, 0.4) is 0 Å². The van der Waals surface area contributed by atoms with E-state index in [0.717, 1.165) is 17.5 Å². The Bertz CT molecular complexity index is 1440. The summed E-state index contributed by atoms with van der Waals surface area (Å²) in [4.78, 5) is 33.3. The molecule has 5 heterocycles. The normalized spacial score (nSPS) is 17.7. The average molecular weight is 507 g/mol. The number of furan rings is 1. The van der Waals surface area contributed by atoms with Crippen LogP contribution in [0.2, 0.25) is 0 Å². The van der Waals surface area contributed by atoms with Crippen molar-refractivity contribution < 1.29 is 23.5 Å². The van der Waals surface area contributed by atoms with Crippen LogP contribution in [0.15, 0.2) is 41.5 Å². The minimum absolute atomic E-state index is 0.00426. The molecule has 1 amide bonds. The van der Waals surface area contributed by atoms with E-state index < -0.39 is 11.9 Å². The topological polar surface area (TPSA) is 118 Å². The van der Waals surface area contributed by atoms with E-state index in [0.29, 0.717) is 36.1 Å². The highest BCUT2D eigenvalue weighted by molar-refractivity contribution is 6.17. The number of anilines is 1. The van der Waals surface area contributed by atoms with Crippen molar-refractivity contribution in [2.45, 2.75) is 45.3 Å². The second kappa shape index (κ2) is 10.2. The first kappa shape index (κ1) is 24.7. The molecule has 4 aromatic rings. The first-order valence-electron chi connectivity index (χ1n) is 12.4. The molecule has 1 aliphatic rings. The van der Waals surface area contributed by atoms with Crippen LogP contribution in [0, 0.1) is 0 Å². The number of carbonyl (C=O) groups excluding carboxylic acids is 2. The van der Waals surface area contributed by atoms with E-state index in [1.165, 1.54) is 6.20 Å². The predicted molar refractivity (Wildman–Crippen MR) is 135 cm³/mol. The molecular weight excluding hydrogens is 476 g/mol. The zero-order chi connectivity index (χ0) is 26.1. The number of nitrogens with zero attached hydrogens (tertiary/aromatic N) is 6. The fraction of sp³-hybridized carbons (Fsp3) is 0.423. The van der Waals surface area contributed by atoms with E-state index in [-0.39, 0.29) is 30.2 Å². The number of hydrogen-bond donors (Lipinski definition) is 0. The van der Waals surface area contributed by atoms with Gasteiger partial charge in [0.25, 0.3) is 0 Å². The Hall–Kier alpha value is -3.99. The lowest BCUT2D eigenvalue weighted by atomic mass is 9.98. The molecule has 11 nitrogen and oxygen atoms in total. The Kier molecular flexibility index (Phi) is 6.79. The first-order chi connectivity index (χ1) is 17.9. The van der Waals surface area contributed by atoms with E-state index in [1.807, 2.05) is 19.3 Å². The number of rotatable bonds is 7. The molecule has 0 saturated carbocycles. The van der Waals surface area contributed by atoms with Crippen molar-refractivity contribution >= 4 is 28.7 Å². The predicted octanol–water partition coefficient (Wildman–Crippen LogP) is 4.11. The van der Waals surface area contributed by atoms with Crippen molar-refractivity contribution in [3.05, 3.63) is 48.4 Å². The summed E-state index contributed by atoms with van der Waals surface area (Å²) >= 11 is 0. The van der Waals surface area contributed by atoms with Gasteiger partial charge in [-0.1, -0.05) is 6.92 Å². The van der Waals surface area contributed by atoms with Crippen molar-refractivity contribution in [2.75, 3.05) is 18.1 Å². The van der Waals surface area contributed by atoms with Crippen molar-refractivity contribution in [1.82, 2.24) is 24.5 Å². The number of ether oxygens (including phenoxy) is 2. The maximum atomic E-state index is 13.7. The number of aromatic nitrogens is 5. The van der Waals surface area contributed by atoms with Crippen LogP contribution in [0.5, 0.6) is 0 Å². The molecule has 2 unspecified atom stereocenters. The second-order valence-electron chi connectivity index (χ2n) is 9.14. The minimum Gasteiger partial charge on any atom is -0.449 e. The number of aryl methyl sites for hydroxylation is 2. The fourth-order valence-electron chi connectivity index (χ4n) is 4.76. The summed E-state index contributed by atoms with van der Waals surface area (Å²) in [5.74, 6) is -0.371. The third-order valence-electron chi connectivity index (χ3n) is 6.60. The Morgan fingerprint density at radius 2 is 1.89 bits per heavy atom. The van der Waals surface area contributed by atoms with Gasteiger partial charge in [-0.2, -0.15) is 10.2 Å². The first-order valence-corrected chi connectivity index (χ1v) is 12.4. The van der Waals surface area contributed by atoms with Gasteiger partial charge in [-0.3, -0.25) is 19.1 Å². The van der Waals surface area contributed by atoms with Crippen molar-refractivity contribution in [1.29, 1.82) is 0 Å². The SMILES string of the molecule is CCOC(=O)N(c1c(C(=O)c2cnn(C)c2)oc2ncc(-c3cnn(C)c3)cc12)C1CCOC(CC)C1. The van der Waals surface area contributed by atoms with E-state index >= 15 is 0 Å². The number of amides is 1. The van der Waals surface area contributed by atoms with E-state index in [9.17, 15) is 9.59 Å². The molecule has 5 rings (SSSR count). The molecule has 1 aliphatic heterocycles. The molecule has 0 N–H and O–H groups in total. The van der Waals surface area contributed by atoms with Gasteiger partial charge in [-0.05, 0) is 32.3 Å². The van der Waals surface area contributed by atoms with Gasteiger partial charge < -0.3 is 13.9 Å². The zero-order valence-electron chi connectivity index (χ0n) is 21.4. The van der Waals surface area contributed by atoms with Crippen molar-refractivity contribution in [3.8, 4) is 11.1 Å². The largest absolute Gasteiger partial charge is 0.449 e. The molecule has 2 atom stereocenters. The highest BCUT2D eigenvalue weighted by Gasteiger charge is 2.38. The Morgan fingerprint density at radius 1 is 1.11 bits per heavy atom. The van der Waals surface area contributed by atoms with E-state index in [2.05, 4.69) is 22.1 Å². The third-order valence-corrected chi connectivity index (χ3v) is 6.60. The molecule has 4 aromatic heterocycles. The molecule has 194 valence electrons. The fourth-order valence-corrected chi connectivity index (χ4v) is 4.76. The van der Waals surface area contributed by atoms with Gasteiger partial charge in [0.1, 0.15) is 5.69 Å². The van der Waals surface area contributed by atoms with Gasteiger partial charge in [0.05, 0.1) is 36.1 Å². The van der Waals surface area contributed by atoms with Crippen molar-refractivity contribution in [3.63, 3.8) is 0 Å². The molecular formula is C26H30N6O5. The third kappa shape index (κ3) is 4.74. The Morgan fingerprint density at radius 3 is 2.57 bits per heavy atom. The molecule has 0 spiro atoms. The van der Waals surface area contributed by atoms with Crippen LogP contribution in [-0.2, 0) is 23.6 Å². The summed E-state index contributed by atoms with van der Waals surface area (Å²) in [7, 11) is 3.57. The number of ketones is 1. The lowest BCUT2D eigenvalue weighted by molar-refractivity contribution is 0.00468. The van der Waals surface area contributed by atoms with Gasteiger partial charge in [-0.15, -0.1) is 0 Å². The van der Waals surface area contributed by atoms with Crippen LogP contribution in [0.1, 0.15) is 49.2 Å². The van der Waals surface area contributed by atoms with Crippen LogP contribution in [0.4, 0.5) is 10.5 Å². The number of hydrogen-bond acceptors (Lipinski definition) is 8. The van der Waals surface area contributed by atoms with Crippen LogP contribution in [-0.4, -0.2) is 61.8 Å². The summed E-state index contributed by atoms with van der Waals surface area (Å²) in [5.41, 5.74) is 2.58. The van der Waals surface area contributed by atoms with Crippen LogP contribution >= 0.6 is 0 Å². The quantitative estimate of drug-likeness (QED) is 0.344. The molecule has 37 heavy (non-hydrogen) atoms. The van der Waals surface area contributed by atoms with Gasteiger partial charge >= 0.3 is 6.09 Å². The summed E-state index contributed by atoms with van der Waals surface area (Å²) in [6, 6.07) is 1.63. The summed E-state index contributed by atoms with van der Waals surface area (Å²) in [6.45, 7) is 4.50. The molecule has 11 heteroatoms. The van der Waals surface area contributed by atoms with Crippen LogP contribution < -0.4 is 4.90 Å². The van der Waals surface area contributed by atoms with Gasteiger partial charge in [-0.25, -0.2) is 9.78 Å². The Balaban J connectivity index is 1.72. The Labute approximate surface area is 214 Å². The highest BCUT2D eigenvalue weighted by Crippen LogP contribution is 2.40. The van der Waals surface area contributed by atoms with Gasteiger partial charge in [0, 0.05) is 56.5 Å². The lowest BCUT2D eigenvalue weighted by Gasteiger charge is -2.36. The maximum absolute atomic E-state index is 13.7. The summed E-state index contributed by atoms with van der Waals surface area (Å²) in [5, 5.41) is 8.93. The van der Waals surface area contributed by atoms with E-state index in [1.54, 1.807) is 46.8 Å². The smallest absolute Gasteiger partial charge is 0.414 e. The molecule has 1 saturated heterocycles. The average Bonchev–Trinajstić information content (AvgIpc) is 3.62. The molecule has 0 aliphatic carbocycles. The molecule has 0 bridgehead atoms. The summed E-state index contributed by atoms with van der Waals surface area (Å²) in [6.07, 6.45) is 9.84. The molecule has 1 fully saturated rings. The zero-order valence-corrected chi connectivity index (χ0v) is 21.4. The molecule has 0 aromatic carbocycles. The summed E-state index contributed by atoms with van der Waals surface area (Å²) < 4.78 is 20.7. The number of fused-ring (bicyclic) bond motifs is 1. The maximum Gasteiger partial charge on any atom is 0.414 e. The minimum atomic E-state index is -0.543.